The minimum absolute atomic E-state index is 0.331. The summed E-state index contributed by atoms with van der Waals surface area (Å²) in [5.41, 5.74) is 0. The lowest BCUT2D eigenvalue weighted by molar-refractivity contribution is -0.0110. The molecule has 4 rings (SSSR count). The Bertz CT molecular complexity index is 377. The van der Waals surface area contributed by atoms with Gasteiger partial charge in [-0.05, 0) is 37.6 Å². The molecule has 3 aliphatic heterocycles. The van der Waals surface area contributed by atoms with Crippen LogP contribution in [0.5, 0.6) is 5.88 Å². The molecule has 1 aromatic heterocycles. The highest BCUT2D eigenvalue weighted by Gasteiger charge is 2.36. The standard InChI is InChI=1S/C11H17N3OS2/c1-2-16-11-10(12-17-13-11)15-9-7-14-5-3-8(9)4-6-14/h8-9H,2-7H2,1H3/t9-/m0/s1. The molecule has 4 heterocycles. The van der Waals surface area contributed by atoms with Crippen molar-refractivity contribution in [2.75, 3.05) is 25.4 Å². The van der Waals surface area contributed by atoms with E-state index in [0.717, 1.165) is 29.1 Å². The van der Waals surface area contributed by atoms with Crippen LogP contribution in [0.1, 0.15) is 19.8 Å². The zero-order valence-corrected chi connectivity index (χ0v) is 11.6. The average molecular weight is 271 g/mol. The fourth-order valence-electron chi connectivity index (χ4n) is 2.66. The van der Waals surface area contributed by atoms with Crippen molar-refractivity contribution in [1.82, 2.24) is 13.6 Å². The number of fused-ring (bicyclic) bond motifs is 3. The van der Waals surface area contributed by atoms with Crippen molar-refractivity contribution in [3.05, 3.63) is 0 Å². The van der Waals surface area contributed by atoms with Gasteiger partial charge in [0.25, 0.3) is 5.88 Å². The smallest absolute Gasteiger partial charge is 0.260 e. The molecule has 0 radical (unpaired) electrons. The fourth-order valence-corrected chi connectivity index (χ4v) is 3.91. The molecule has 0 N–H and O–H groups in total. The minimum atomic E-state index is 0.331. The lowest BCUT2D eigenvalue weighted by Gasteiger charge is -2.44. The van der Waals surface area contributed by atoms with Crippen LogP contribution in [-0.4, -0.2) is 45.1 Å². The van der Waals surface area contributed by atoms with Crippen LogP contribution in [0.3, 0.4) is 0 Å². The summed E-state index contributed by atoms with van der Waals surface area (Å²) in [6, 6.07) is 0. The van der Waals surface area contributed by atoms with Crippen LogP contribution in [0.4, 0.5) is 0 Å². The Morgan fingerprint density at radius 1 is 1.41 bits per heavy atom. The lowest BCUT2D eigenvalue weighted by atomic mass is 9.86. The summed E-state index contributed by atoms with van der Waals surface area (Å²) in [5, 5.41) is 0.967. The van der Waals surface area contributed by atoms with E-state index >= 15 is 0 Å². The van der Waals surface area contributed by atoms with Crippen molar-refractivity contribution < 1.29 is 4.74 Å². The summed E-state index contributed by atoms with van der Waals surface area (Å²) in [5.74, 6) is 2.50. The molecule has 0 amide bonds. The van der Waals surface area contributed by atoms with Crippen LogP contribution < -0.4 is 4.74 Å². The van der Waals surface area contributed by atoms with Crippen molar-refractivity contribution >= 4 is 23.5 Å². The Morgan fingerprint density at radius 2 is 2.24 bits per heavy atom. The largest absolute Gasteiger partial charge is 0.470 e. The topological polar surface area (TPSA) is 38.3 Å². The summed E-state index contributed by atoms with van der Waals surface area (Å²) >= 11 is 2.97. The van der Waals surface area contributed by atoms with Gasteiger partial charge in [0.05, 0.1) is 11.7 Å². The van der Waals surface area contributed by atoms with Crippen LogP contribution in [-0.2, 0) is 0 Å². The maximum atomic E-state index is 6.09. The molecule has 1 atom stereocenters. The highest BCUT2D eigenvalue weighted by molar-refractivity contribution is 7.99. The molecule has 0 unspecified atom stereocenters. The zero-order chi connectivity index (χ0) is 11.7. The maximum absolute atomic E-state index is 6.09. The van der Waals surface area contributed by atoms with Crippen molar-refractivity contribution in [3.63, 3.8) is 0 Å². The Hall–Kier alpha value is -0.330. The van der Waals surface area contributed by atoms with Gasteiger partial charge in [-0.25, -0.2) is 0 Å². The zero-order valence-electron chi connectivity index (χ0n) is 9.96. The first-order chi connectivity index (χ1) is 8.36. The van der Waals surface area contributed by atoms with Gasteiger partial charge in [-0.15, -0.1) is 16.1 Å². The molecule has 3 aliphatic rings. The first-order valence-corrected chi connectivity index (χ1v) is 7.92. The molecular weight excluding hydrogens is 254 g/mol. The molecule has 94 valence electrons. The van der Waals surface area contributed by atoms with Gasteiger partial charge < -0.3 is 4.74 Å². The number of aromatic nitrogens is 2. The van der Waals surface area contributed by atoms with Crippen LogP contribution in [0.25, 0.3) is 0 Å². The van der Waals surface area contributed by atoms with Crippen LogP contribution in [0, 0.1) is 5.92 Å². The maximum Gasteiger partial charge on any atom is 0.260 e. The van der Waals surface area contributed by atoms with Crippen molar-refractivity contribution in [2.45, 2.75) is 30.9 Å². The molecule has 0 aliphatic carbocycles. The number of nitrogens with zero attached hydrogens (tertiary/aromatic N) is 3. The van der Waals surface area contributed by atoms with E-state index in [-0.39, 0.29) is 0 Å². The molecule has 3 fully saturated rings. The summed E-state index contributed by atoms with van der Waals surface area (Å²) in [7, 11) is 0. The van der Waals surface area contributed by atoms with Crippen molar-refractivity contribution in [2.24, 2.45) is 5.92 Å². The van der Waals surface area contributed by atoms with Gasteiger partial charge in [-0.2, -0.15) is 4.37 Å². The highest BCUT2D eigenvalue weighted by atomic mass is 32.2. The van der Waals surface area contributed by atoms with Gasteiger partial charge in [0, 0.05) is 6.54 Å². The summed E-state index contributed by atoms with van der Waals surface area (Å²) < 4.78 is 14.7. The van der Waals surface area contributed by atoms with E-state index < -0.39 is 0 Å². The second-order valence-corrected chi connectivity index (χ2v) is 6.38. The molecule has 1 aromatic rings. The van der Waals surface area contributed by atoms with Crippen molar-refractivity contribution in [1.29, 1.82) is 0 Å². The molecule has 0 aromatic carbocycles. The third kappa shape index (κ3) is 2.44. The normalized spacial score (nSPS) is 31.7. The number of ether oxygens (including phenoxy) is 1. The Morgan fingerprint density at radius 3 is 2.88 bits per heavy atom. The molecule has 0 spiro atoms. The van der Waals surface area contributed by atoms with Crippen molar-refractivity contribution in [3.8, 4) is 5.88 Å². The molecule has 0 saturated carbocycles. The van der Waals surface area contributed by atoms with E-state index in [1.165, 1.54) is 37.7 Å². The van der Waals surface area contributed by atoms with Crippen LogP contribution >= 0.6 is 23.5 Å². The van der Waals surface area contributed by atoms with Gasteiger partial charge in [-0.3, -0.25) is 4.90 Å². The van der Waals surface area contributed by atoms with E-state index in [1.807, 2.05) is 0 Å². The van der Waals surface area contributed by atoms with E-state index in [4.69, 9.17) is 4.74 Å². The molecule has 2 bridgehead atoms. The first kappa shape index (κ1) is 11.7. The SMILES string of the molecule is CCSc1nsnc1O[C@H]1CN2CCC1CC2. The highest BCUT2D eigenvalue weighted by Crippen LogP contribution is 2.33. The Labute approximate surface area is 110 Å². The second-order valence-electron chi connectivity index (χ2n) is 4.60. The van der Waals surface area contributed by atoms with Gasteiger partial charge >= 0.3 is 0 Å². The number of hydrogen-bond acceptors (Lipinski definition) is 6. The Kier molecular flexibility index (Phi) is 3.54. The summed E-state index contributed by atoms with van der Waals surface area (Å²) in [4.78, 5) is 2.50. The molecule has 3 saturated heterocycles. The quantitative estimate of drug-likeness (QED) is 0.784. The lowest BCUT2D eigenvalue weighted by Crippen LogP contribution is -2.52. The number of rotatable bonds is 4. The molecule has 4 nitrogen and oxygen atoms in total. The number of piperidine rings is 3. The number of thioether (sulfide) groups is 1. The van der Waals surface area contributed by atoms with Gasteiger partial charge in [0.1, 0.15) is 6.10 Å². The predicted molar refractivity (Wildman–Crippen MR) is 69.9 cm³/mol. The van der Waals surface area contributed by atoms with Gasteiger partial charge in [0.2, 0.25) is 0 Å². The molecular formula is C11H17N3OS2. The number of hydrogen-bond donors (Lipinski definition) is 0. The Balaban J connectivity index is 1.68. The molecule has 6 heteroatoms. The van der Waals surface area contributed by atoms with E-state index in [2.05, 4.69) is 20.6 Å². The van der Waals surface area contributed by atoms with Gasteiger partial charge in [0.15, 0.2) is 5.03 Å². The third-order valence-electron chi connectivity index (χ3n) is 3.57. The van der Waals surface area contributed by atoms with E-state index in [1.54, 1.807) is 11.8 Å². The molecule has 17 heavy (non-hydrogen) atoms. The minimum Gasteiger partial charge on any atom is -0.470 e. The van der Waals surface area contributed by atoms with Crippen LogP contribution in [0.2, 0.25) is 0 Å². The van der Waals surface area contributed by atoms with E-state index in [0.29, 0.717) is 6.10 Å². The monoisotopic (exact) mass is 271 g/mol. The fraction of sp³-hybridized carbons (Fsp3) is 0.818. The third-order valence-corrected chi connectivity index (χ3v) is 5.03. The predicted octanol–water partition coefficient (Wildman–Crippen LogP) is 2.12. The van der Waals surface area contributed by atoms with Gasteiger partial charge in [-0.1, -0.05) is 6.92 Å². The van der Waals surface area contributed by atoms with E-state index in [9.17, 15) is 0 Å². The second kappa shape index (κ2) is 5.12. The summed E-state index contributed by atoms with van der Waals surface area (Å²) in [6.07, 6.45) is 2.88. The summed E-state index contributed by atoms with van der Waals surface area (Å²) in [6.45, 7) is 5.69. The average Bonchev–Trinajstić information content (AvgIpc) is 2.79. The van der Waals surface area contributed by atoms with Crippen LogP contribution in [0.15, 0.2) is 5.03 Å². The first-order valence-electron chi connectivity index (χ1n) is 6.21.